The molecule has 0 saturated carbocycles. The zero-order valence-corrected chi connectivity index (χ0v) is 12.7. The van der Waals surface area contributed by atoms with Gasteiger partial charge in [-0.25, -0.2) is 0 Å². The highest BCUT2D eigenvalue weighted by Crippen LogP contribution is 2.22. The molecule has 1 aromatic carbocycles. The summed E-state index contributed by atoms with van der Waals surface area (Å²) in [4.78, 5) is 8.73. The van der Waals surface area contributed by atoms with Gasteiger partial charge in [0.1, 0.15) is 0 Å². The molecule has 0 radical (unpaired) electrons. The molecule has 5 nitrogen and oxygen atoms in total. The van der Waals surface area contributed by atoms with Gasteiger partial charge in [0.2, 0.25) is 0 Å². The SMILES string of the molecule is CNC(C)Cc1noc(-c2ccc3ncccc3c2)n1.Cl. The van der Waals surface area contributed by atoms with Crippen molar-refractivity contribution in [1.29, 1.82) is 0 Å². The number of hydrogen-bond acceptors (Lipinski definition) is 5. The lowest BCUT2D eigenvalue weighted by molar-refractivity contribution is 0.418. The van der Waals surface area contributed by atoms with Gasteiger partial charge in [-0.3, -0.25) is 4.98 Å². The first-order valence-electron chi connectivity index (χ1n) is 6.61. The Morgan fingerprint density at radius 1 is 1.29 bits per heavy atom. The molecule has 0 fully saturated rings. The number of rotatable bonds is 4. The van der Waals surface area contributed by atoms with Gasteiger partial charge in [0.25, 0.3) is 5.89 Å². The fraction of sp³-hybridized carbons (Fsp3) is 0.267. The quantitative estimate of drug-likeness (QED) is 0.803. The molecular formula is C15H17ClN4O. The fourth-order valence-corrected chi connectivity index (χ4v) is 2.04. The predicted octanol–water partition coefficient (Wildman–Crippen LogP) is 2.86. The first-order chi connectivity index (χ1) is 9.76. The second kappa shape index (κ2) is 6.65. The molecule has 0 aliphatic rings. The Morgan fingerprint density at radius 3 is 2.95 bits per heavy atom. The molecule has 3 aromatic rings. The molecule has 3 rings (SSSR count). The number of nitrogens with one attached hydrogen (secondary N) is 1. The van der Waals surface area contributed by atoms with E-state index >= 15 is 0 Å². The fourth-order valence-electron chi connectivity index (χ4n) is 2.04. The van der Waals surface area contributed by atoms with Crippen LogP contribution in [0.3, 0.4) is 0 Å². The zero-order chi connectivity index (χ0) is 13.9. The third-order valence-electron chi connectivity index (χ3n) is 3.30. The molecule has 2 aromatic heterocycles. The lowest BCUT2D eigenvalue weighted by Gasteiger charge is -2.04. The first kappa shape index (κ1) is 15.4. The summed E-state index contributed by atoms with van der Waals surface area (Å²) in [5, 5.41) is 8.24. The molecule has 110 valence electrons. The van der Waals surface area contributed by atoms with Crippen molar-refractivity contribution in [2.45, 2.75) is 19.4 Å². The van der Waals surface area contributed by atoms with E-state index in [1.54, 1.807) is 6.20 Å². The molecule has 0 amide bonds. The monoisotopic (exact) mass is 304 g/mol. The highest BCUT2D eigenvalue weighted by molar-refractivity contribution is 5.85. The van der Waals surface area contributed by atoms with Crippen LogP contribution in [0.4, 0.5) is 0 Å². The van der Waals surface area contributed by atoms with Crippen molar-refractivity contribution in [2.75, 3.05) is 7.05 Å². The van der Waals surface area contributed by atoms with Crippen molar-refractivity contribution in [3.63, 3.8) is 0 Å². The van der Waals surface area contributed by atoms with E-state index in [4.69, 9.17) is 4.52 Å². The van der Waals surface area contributed by atoms with Gasteiger partial charge in [-0.2, -0.15) is 4.98 Å². The molecule has 1 unspecified atom stereocenters. The van der Waals surface area contributed by atoms with Crippen LogP contribution in [0.2, 0.25) is 0 Å². The summed E-state index contributed by atoms with van der Waals surface area (Å²) in [6, 6.07) is 10.2. The minimum atomic E-state index is 0. The standard InChI is InChI=1S/C15H16N4O.ClH/c1-10(16-2)8-14-18-15(20-19-14)12-5-6-13-11(9-12)4-3-7-17-13;/h3-7,9-10,16H,8H2,1-2H3;1H. The Bertz CT molecular complexity index is 728. The Morgan fingerprint density at radius 2 is 2.14 bits per heavy atom. The van der Waals surface area contributed by atoms with Crippen LogP contribution >= 0.6 is 12.4 Å². The molecule has 21 heavy (non-hydrogen) atoms. The average molecular weight is 305 g/mol. The molecule has 1 atom stereocenters. The maximum atomic E-state index is 5.34. The van der Waals surface area contributed by atoms with Crippen molar-refractivity contribution in [2.24, 2.45) is 0 Å². The second-order valence-electron chi connectivity index (χ2n) is 4.82. The molecule has 2 heterocycles. The zero-order valence-electron chi connectivity index (χ0n) is 11.9. The van der Waals surface area contributed by atoms with E-state index in [0.29, 0.717) is 17.8 Å². The van der Waals surface area contributed by atoms with E-state index in [9.17, 15) is 0 Å². The number of pyridine rings is 1. The maximum Gasteiger partial charge on any atom is 0.257 e. The van der Waals surface area contributed by atoms with Crippen LogP contribution in [0.25, 0.3) is 22.4 Å². The van der Waals surface area contributed by atoms with Crippen LogP contribution in [0.15, 0.2) is 41.1 Å². The van der Waals surface area contributed by atoms with Gasteiger partial charge in [-0.1, -0.05) is 11.2 Å². The molecular weight excluding hydrogens is 288 g/mol. The molecule has 6 heteroatoms. The largest absolute Gasteiger partial charge is 0.334 e. The topological polar surface area (TPSA) is 63.8 Å². The van der Waals surface area contributed by atoms with Crippen LogP contribution in [0.5, 0.6) is 0 Å². The van der Waals surface area contributed by atoms with Crippen LogP contribution < -0.4 is 5.32 Å². The van der Waals surface area contributed by atoms with Crippen LogP contribution in [0.1, 0.15) is 12.7 Å². The van der Waals surface area contributed by atoms with Crippen molar-refractivity contribution < 1.29 is 4.52 Å². The average Bonchev–Trinajstić information content (AvgIpc) is 2.95. The Labute approximate surface area is 129 Å². The number of benzene rings is 1. The highest BCUT2D eigenvalue weighted by Gasteiger charge is 2.11. The minimum absolute atomic E-state index is 0. The van der Waals surface area contributed by atoms with E-state index < -0.39 is 0 Å². The second-order valence-corrected chi connectivity index (χ2v) is 4.82. The van der Waals surface area contributed by atoms with Gasteiger partial charge in [-0.05, 0) is 38.2 Å². The van der Waals surface area contributed by atoms with Crippen molar-refractivity contribution in [3.8, 4) is 11.5 Å². The smallest absolute Gasteiger partial charge is 0.257 e. The van der Waals surface area contributed by atoms with E-state index in [1.807, 2.05) is 37.4 Å². The summed E-state index contributed by atoms with van der Waals surface area (Å²) in [6.07, 6.45) is 2.53. The number of nitrogens with zero attached hydrogens (tertiary/aromatic N) is 3. The minimum Gasteiger partial charge on any atom is -0.334 e. The lowest BCUT2D eigenvalue weighted by Crippen LogP contribution is -2.24. The normalized spacial score (nSPS) is 12.1. The van der Waals surface area contributed by atoms with E-state index in [2.05, 4.69) is 27.4 Å². The number of likely N-dealkylation sites (N-methyl/N-ethyl adjacent to an activating group) is 1. The van der Waals surface area contributed by atoms with E-state index in [0.717, 1.165) is 22.9 Å². The summed E-state index contributed by atoms with van der Waals surface area (Å²) in [5.74, 6) is 1.27. The summed E-state index contributed by atoms with van der Waals surface area (Å²) in [6.45, 7) is 2.08. The van der Waals surface area contributed by atoms with Crippen molar-refractivity contribution >= 4 is 23.3 Å². The van der Waals surface area contributed by atoms with Gasteiger partial charge in [0.15, 0.2) is 5.82 Å². The lowest BCUT2D eigenvalue weighted by atomic mass is 10.1. The number of hydrogen-bond donors (Lipinski definition) is 1. The predicted molar refractivity (Wildman–Crippen MR) is 84.5 cm³/mol. The number of halogens is 1. The van der Waals surface area contributed by atoms with Gasteiger partial charge < -0.3 is 9.84 Å². The van der Waals surface area contributed by atoms with Crippen LogP contribution in [-0.4, -0.2) is 28.2 Å². The van der Waals surface area contributed by atoms with Gasteiger partial charge >= 0.3 is 0 Å². The molecule has 0 aliphatic carbocycles. The third kappa shape index (κ3) is 3.37. The first-order valence-corrected chi connectivity index (χ1v) is 6.61. The summed E-state index contributed by atoms with van der Waals surface area (Å²) in [5.41, 5.74) is 1.88. The highest BCUT2D eigenvalue weighted by atomic mass is 35.5. The van der Waals surface area contributed by atoms with Gasteiger partial charge in [0.05, 0.1) is 5.52 Å². The third-order valence-corrected chi connectivity index (χ3v) is 3.30. The summed E-state index contributed by atoms with van der Waals surface area (Å²) in [7, 11) is 1.92. The summed E-state index contributed by atoms with van der Waals surface area (Å²) >= 11 is 0. The molecule has 1 N–H and O–H groups in total. The molecule has 0 spiro atoms. The van der Waals surface area contributed by atoms with E-state index in [-0.39, 0.29) is 12.4 Å². The van der Waals surface area contributed by atoms with Crippen LogP contribution in [0, 0.1) is 0 Å². The molecule has 0 saturated heterocycles. The Balaban J connectivity index is 0.00000161. The Hall–Kier alpha value is -1.98. The molecule has 0 aliphatic heterocycles. The maximum absolute atomic E-state index is 5.34. The van der Waals surface area contributed by atoms with Crippen LogP contribution in [-0.2, 0) is 6.42 Å². The van der Waals surface area contributed by atoms with Gasteiger partial charge in [0, 0.05) is 29.6 Å². The number of fused-ring (bicyclic) bond motifs is 1. The molecule has 0 bridgehead atoms. The Kier molecular flexibility index (Phi) is 4.88. The summed E-state index contributed by atoms with van der Waals surface area (Å²) < 4.78 is 5.34. The van der Waals surface area contributed by atoms with Crippen molar-refractivity contribution in [1.82, 2.24) is 20.4 Å². The van der Waals surface area contributed by atoms with E-state index in [1.165, 1.54) is 0 Å². The van der Waals surface area contributed by atoms with Gasteiger partial charge in [-0.15, -0.1) is 12.4 Å². The number of aromatic nitrogens is 3. The van der Waals surface area contributed by atoms with Crippen molar-refractivity contribution in [3.05, 3.63) is 42.4 Å².